The third kappa shape index (κ3) is 3.81. The molecule has 1 aliphatic rings. The Balaban J connectivity index is 1.91. The van der Waals surface area contributed by atoms with Gasteiger partial charge in [0.2, 0.25) is 0 Å². The summed E-state index contributed by atoms with van der Waals surface area (Å²) in [6.07, 6.45) is 4.20. The Bertz CT molecular complexity index is 738. The van der Waals surface area contributed by atoms with Crippen molar-refractivity contribution in [2.24, 2.45) is 0 Å². The Morgan fingerprint density at radius 3 is 2.73 bits per heavy atom. The number of aromatic nitrogens is 2. The maximum Gasteiger partial charge on any atom is 0.129 e. The van der Waals surface area contributed by atoms with Gasteiger partial charge in [0, 0.05) is 41.8 Å². The molecule has 0 amide bonds. The van der Waals surface area contributed by atoms with Gasteiger partial charge < -0.3 is 14.4 Å². The molecule has 3 rings (SSSR count). The Morgan fingerprint density at radius 2 is 2.04 bits per heavy atom. The zero-order chi connectivity index (χ0) is 18.7. The maximum atomic E-state index is 14.3. The molecule has 0 bridgehead atoms. The molecular formula is C20H26F2N2O2. The highest BCUT2D eigenvalue weighted by molar-refractivity contribution is 5.26. The van der Waals surface area contributed by atoms with E-state index >= 15 is 0 Å². The van der Waals surface area contributed by atoms with E-state index in [1.165, 1.54) is 18.2 Å². The van der Waals surface area contributed by atoms with E-state index in [9.17, 15) is 8.78 Å². The van der Waals surface area contributed by atoms with Crippen molar-refractivity contribution in [2.45, 2.75) is 51.0 Å². The number of ether oxygens (including phenoxy) is 1. The van der Waals surface area contributed by atoms with Crippen LogP contribution in [0.3, 0.4) is 0 Å². The maximum absolute atomic E-state index is 14.3. The Labute approximate surface area is 152 Å². The third-order valence-electron chi connectivity index (χ3n) is 5.09. The fraction of sp³-hybridized carbons (Fsp3) is 0.550. The number of nitrogens with zero attached hydrogens (tertiary/aromatic N) is 2. The molecule has 1 atom stereocenters. The van der Waals surface area contributed by atoms with Gasteiger partial charge in [-0.25, -0.2) is 13.8 Å². The van der Waals surface area contributed by atoms with Crippen LogP contribution in [0.2, 0.25) is 0 Å². The number of aliphatic hydroxyl groups excluding tert-OH is 1. The van der Waals surface area contributed by atoms with Crippen LogP contribution in [-0.4, -0.2) is 34.5 Å². The zero-order valence-corrected chi connectivity index (χ0v) is 15.3. The third-order valence-corrected chi connectivity index (χ3v) is 5.09. The van der Waals surface area contributed by atoms with Crippen molar-refractivity contribution >= 4 is 0 Å². The van der Waals surface area contributed by atoms with E-state index in [1.807, 2.05) is 6.20 Å². The fourth-order valence-electron chi connectivity index (χ4n) is 3.78. The summed E-state index contributed by atoms with van der Waals surface area (Å²) in [5, 5.41) is 8.92. The first-order valence-corrected chi connectivity index (χ1v) is 9.11. The van der Waals surface area contributed by atoms with E-state index in [1.54, 1.807) is 0 Å². The second-order valence-corrected chi connectivity index (χ2v) is 7.55. The predicted molar refractivity (Wildman–Crippen MR) is 95.2 cm³/mol. The second kappa shape index (κ2) is 7.84. The highest BCUT2D eigenvalue weighted by Gasteiger charge is 2.31. The predicted octanol–water partition coefficient (Wildman–Crippen LogP) is 3.57. The molecule has 26 heavy (non-hydrogen) atoms. The van der Waals surface area contributed by atoms with Crippen LogP contribution < -0.4 is 0 Å². The van der Waals surface area contributed by atoms with Crippen LogP contribution in [0.25, 0.3) is 0 Å². The van der Waals surface area contributed by atoms with Gasteiger partial charge in [0.15, 0.2) is 0 Å². The van der Waals surface area contributed by atoms with Crippen LogP contribution in [0, 0.1) is 11.6 Å². The quantitative estimate of drug-likeness (QED) is 0.797. The van der Waals surface area contributed by atoms with Crippen LogP contribution in [0.5, 0.6) is 0 Å². The zero-order valence-electron chi connectivity index (χ0n) is 15.3. The van der Waals surface area contributed by atoms with Gasteiger partial charge in [-0.2, -0.15) is 0 Å². The topological polar surface area (TPSA) is 47.3 Å². The Morgan fingerprint density at radius 1 is 1.31 bits per heavy atom. The smallest absolute Gasteiger partial charge is 0.129 e. The highest BCUT2D eigenvalue weighted by Crippen LogP contribution is 2.34. The summed E-state index contributed by atoms with van der Waals surface area (Å²) in [5.74, 6) is -0.231. The molecule has 2 aromatic rings. The van der Waals surface area contributed by atoms with E-state index in [0.29, 0.717) is 13.2 Å². The average Bonchev–Trinajstić information content (AvgIpc) is 2.88. The van der Waals surface area contributed by atoms with Gasteiger partial charge >= 0.3 is 0 Å². The van der Waals surface area contributed by atoms with Crippen LogP contribution in [-0.2, 0) is 23.1 Å². The molecule has 1 aromatic carbocycles. The molecule has 1 aromatic heterocycles. The fourth-order valence-corrected chi connectivity index (χ4v) is 3.78. The monoisotopic (exact) mass is 364 g/mol. The number of hydrogen-bond acceptors (Lipinski definition) is 3. The molecule has 142 valence electrons. The minimum atomic E-state index is -0.481. The summed E-state index contributed by atoms with van der Waals surface area (Å²) in [4.78, 5) is 4.55. The molecule has 0 saturated carbocycles. The first kappa shape index (κ1) is 19.0. The average molecular weight is 364 g/mol. The molecule has 6 heteroatoms. The summed E-state index contributed by atoms with van der Waals surface area (Å²) < 4.78 is 36.2. The van der Waals surface area contributed by atoms with Crippen LogP contribution in [0.1, 0.15) is 49.7 Å². The van der Waals surface area contributed by atoms with Crippen molar-refractivity contribution in [3.63, 3.8) is 0 Å². The molecule has 2 heterocycles. The van der Waals surface area contributed by atoms with Crippen molar-refractivity contribution in [3.05, 3.63) is 53.1 Å². The van der Waals surface area contributed by atoms with Crippen molar-refractivity contribution in [1.29, 1.82) is 0 Å². The van der Waals surface area contributed by atoms with Gasteiger partial charge in [-0.3, -0.25) is 0 Å². The van der Waals surface area contributed by atoms with Crippen molar-refractivity contribution < 1.29 is 18.6 Å². The minimum Gasteiger partial charge on any atom is -0.394 e. The number of fused-ring (bicyclic) bond motifs is 1. The molecule has 0 radical (unpaired) electrons. The highest BCUT2D eigenvalue weighted by atomic mass is 19.1. The molecule has 0 aliphatic carbocycles. The Kier molecular flexibility index (Phi) is 5.73. The number of benzene rings is 1. The van der Waals surface area contributed by atoms with Crippen LogP contribution in [0.15, 0.2) is 24.4 Å². The SMILES string of the molecule is CC(C)(COCCO)c1cnc2n1C[C@H](c1c(F)cccc1F)CCC2. The summed E-state index contributed by atoms with van der Waals surface area (Å²) in [5.41, 5.74) is 0.853. The van der Waals surface area contributed by atoms with Gasteiger partial charge in [-0.1, -0.05) is 19.9 Å². The van der Waals surface area contributed by atoms with Gasteiger partial charge in [0.05, 0.1) is 19.8 Å². The first-order chi connectivity index (χ1) is 12.4. The molecule has 0 spiro atoms. The normalized spacial score (nSPS) is 17.8. The Hall–Kier alpha value is -1.79. The number of aryl methyl sites for hydroxylation is 1. The standard InChI is InChI=1S/C20H26F2N2O2/c1-20(2,13-26-10-9-25)17-11-23-18-8-3-5-14(12-24(17)18)19-15(21)6-4-7-16(19)22/h4,6-7,11,14,25H,3,5,8-10,12-13H2,1-2H3/t14-/m1/s1. The summed E-state index contributed by atoms with van der Waals surface area (Å²) in [7, 11) is 0. The van der Waals surface area contributed by atoms with Crippen molar-refractivity contribution in [2.75, 3.05) is 19.8 Å². The number of aliphatic hydroxyl groups is 1. The summed E-state index contributed by atoms with van der Waals surface area (Å²) in [6.45, 7) is 5.32. The lowest BCUT2D eigenvalue weighted by atomic mass is 9.89. The van der Waals surface area contributed by atoms with Crippen molar-refractivity contribution in [1.82, 2.24) is 9.55 Å². The lowest BCUT2D eigenvalue weighted by molar-refractivity contribution is 0.0621. The molecule has 0 unspecified atom stereocenters. The number of hydrogen-bond donors (Lipinski definition) is 1. The van der Waals surface area contributed by atoms with Crippen molar-refractivity contribution in [3.8, 4) is 0 Å². The van der Waals surface area contributed by atoms with E-state index < -0.39 is 11.6 Å². The van der Waals surface area contributed by atoms with E-state index in [4.69, 9.17) is 9.84 Å². The minimum absolute atomic E-state index is 0.0186. The molecule has 0 fully saturated rings. The molecule has 1 N–H and O–H groups in total. The summed E-state index contributed by atoms with van der Waals surface area (Å²) >= 11 is 0. The molecule has 0 saturated heterocycles. The van der Waals surface area contributed by atoms with E-state index in [-0.39, 0.29) is 30.1 Å². The van der Waals surface area contributed by atoms with E-state index in [2.05, 4.69) is 23.4 Å². The van der Waals surface area contributed by atoms with Gasteiger partial charge in [-0.15, -0.1) is 0 Å². The van der Waals surface area contributed by atoms with E-state index in [0.717, 1.165) is 30.8 Å². The molecule has 1 aliphatic heterocycles. The second-order valence-electron chi connectivity index (χ2n) is 7.55. The van der Waals surface area contributed by atoms with Crippen LogP contribution >= 0.6 is 0 Å². The van der Waals surface area contributed by atoms with Crippen LogP contribution in [0.4, 0.5) is 8.78 Å². The number of imidazole rings is 1. The lowest BCUT2D eigenvalue weighted by Gasteiger charge is -2.27. The molecule has 4 nitrogen and oxygen atoms in total. The van der Waals surface area contributed by atoms with Gasteiger partial charge in [0.25, 0.3) is 0 Å². The number of halogens is 2. The lowest BCUT2D eigenvalue weighted by Crippen LogP contribution is -2.29. The first-order valence-electron chi connectivity index (χ1n) is 9.11. The number of rotatable bonds is 6. The van der Waals surface area contributed by atoms with Gasteiger partial charge in [0.1, 0.15) is 17.5 Å². The summed E-state index contributed by atoms with van der Waals surface area (Å²) in [6, 6.07) is 4.05. The largest absolute Gasteiger partial charge is 0.394 e. The van der Waals surface area contributed by atoms with Gasteiger partial charge in [-0.05, 0) is 25.0 Å². The molecular weight excluding hydrogens is 338 g/mol.